The van der Waals surface area contributed by atoms with Gasteiger partial charge >= 0.3 is 5.97 Å². The number of benzene rings is 1. The summed E-state index contributed by atoms with van der Waals surface area (Å²) >= 11 is 12.7. The summed E-state index contributed by atoms with van der Waals surface area (Å²) in [7, 11) is 0. The molecule has 0 saturated carbocycles. The molecule has 1 aliphatic heterocycles. The second-order valence-electron chi connectivity index (χ2n) is 8.05. The predicted molar refractivity (Wildman–Crippen MR) is 138 cm³/mol. The Labute approximate surface area is 216 Å². The van der Waals surface area contributed by atoms with E-state index in [2.05, 4.69) is 20.2 Å². The maximum atomic E-state index is 12.4. The third-order valence-corrected chi connectivity index (χ3v) is 6.15. The van der Waals surface area contributed by atoms with E-state index in [0.717, 1.165) is 31.5 Å². The lowest BCUT2D eigenvalue weighted by atomic mass is 10.0. The Morgan fingerprint density at radius 1 is 1.09 bits per heavy atom. The Morgan fingerprint density at radius 2 is 1.71 bits per heavy atom. The number of carbonyl (C=O) groups excluding carboxylic acids is 1. The predicted octanol–water partition coefficient (Wildman–Crippen LogP) is 4.03. The quantitative estimate of drug-likeness (QED) is 0.194. The highest BCUT2D eigenvalue weighted by atomic mass is 35.5. The summed E-state index contributed by atoms with van der Waals surface area (Å²) in [4.78, 5) is 23.1. The van der Waals surface area contributed by atoms with Crippen LogP contribution in [0.2, 0.25) is 10.4 Å². The number of halogens is 2. The summed E-state index contributed by atoms with van der Waals surface area (Å²) in [6, 6.07) is 3.94. The first-order valence-corrected chi connectivity index (χ1v) is 12.7. The van der Waals surface area contributed by atoms with Crippen LogP contribution in [0, 0.1) is 0 Å². The van der Waals surface area contributed by atoms with Crippen LogP contribution in [0.3, 0.4) is 0 Å². The molecule has 1 aromatic carbocycles. The first-order valence-electron chi connectivity index (χ1n) is 11.9. The number of nitrogen functional groups attached to an aromatic ring is 1. The summed E-state index contributed by atoms with van der Waals surface area (Å²) in [5.74, 6) is 1.23. The maximum Gasteiger partial charge on any atom is 0.310 e. The highest BCUT2D eigenvalue weighted by Crippen LogP contribution is 2.36. The zero-order valence-electron chi connectivity index (χ0n) is 20.4. The van der Waals surface area contributed by atoms with Gasteiger partial charge in [-0.25, -0.2) is 9.97 Å². The van der Waals surface area contributed by atoms with E-state index in [1.165, 1.54) is 0 Å². The van der Waals surface area contributed by atoms with Crippen LogP contribution in [-0.4, -0.2) is 54.9 Å². The molecular weight excluding hydrogens is 493 g/mol. The minimum Gasteiger partial charge on any atom is -0.492 e. The molecule has 1 aliphatic rings. The monoisotopic (exact) mass is 525 g/mol. The Hall–Kier alpha value is -2.49. The number of carbonyl (C=O) groups is 1. The van der Waals surface area contributed by atoms with Gasteiger partial charge in [0.15, 0.2) is 0 Å². The van der Waals surface area contributed by atoms with Crippen molar-refractivity contribution in [3.63, 3.8) is 0 Å². The van der Waals surface area contributed by atoms with Crippen LogP contribution in [0.25, 0.3) is 0 Å². The standard InChI is InChI=1S/C24H33Cl2N5O4/c1-4-33-18-11-15(12-19(21(18)27)34-5-2)14-31(16-7-9-28-10-8-16)23-17(13-20(32)35-6-3)22(25)29-24(26)30-23/h11-12,16,28H,4-10,13-14,27H2,1-3H3. The van der Waals surface area contributed by atoms with Gasteiger partial charge < -0.3 is 30.2 Å². The van der Waals surface area contributed by atoms with E-state index in [1.54, 1.807) is 6.92 Å². The van der Waals surface area contributed by atoms with Crippen LogP contribution >= 0.6 is 23.2 Å². The van der Waals surface area contributed by atoms with Crippen LogP contribution in [0.5, 0.6) is 11.5 Å². The maximum absolute atomic E-state index is 12.4. The molecule has 0 atom stereocenters. The van der Waals surface area contributed by atoms with E-state index >= 15 is 0 Å². The number of aromatic nitrogens is 2. The lowest BCUT2D eigenvalue weighted by Gasteiger charge is -2.37. The van der Waals surface area contributed by atoms with Crippen LogP contribution < -0.4 is 25.4 Å². The molecule has 1 saturated heterocycles. The number of nitrogens with zero attached hydrogens (tertiary/aromatic N) is 3. The van der Waals surface area contributed by atoms with Crippen molar-refractivity contribution in [3.05, 3.63) is 33.7 Å². The summed E-state index contributed by atoms with van der Waals surface area (Å²) in [6.07, 6.45) is 1.70. The Kier molecular flexibility index (Phi) is 10.1. The summed E-state index contributed by atoms with van der Waals surface area (Å²) in [5.41, 5.74) is 8.14. The van der Waals surface area contributed by atoms with E-state index in [4.69, 9.17) is 43.1 Å². The van der Waals surface area contributed by atoms with Crippen molar-refractivity contribution in [2.45, 2.75) is 52.6 Å². The summed E-state index contributed by atoms with van der Waals surface area (Å²) in [5, 5.41) is 3.53. The van der Waals surface area contributed by atoms with Crippen molar-refractivity contribution < 1.29 is 19.0 Å². The van der Waals surface area contributed by atoms with Crippen LogP contribution in [0.4, 0.5) is 11.5 Å². The number of esters is 1. The lowest BCUT2D eigenvalue weighted by molar-refractivity contribution is -0.142. The van der Waals surface area contributed by atoms with Gasteiger partial charge in [-0.3, -0.25) is 4.79 Å². The molecule has 0 unspecified atom stereocenters. The first-order chi connectivity index (χ1) is 16.9. The third-order valence-electron chi connectivity index (χ3n) is 5.67. The minimum atomic E-state index is -0.406. The molecule has 3 N–H and O–H groups in total. The second-order valence-corrected chi connectivity index (χ2v) is 8.74. The molecule has 192 valence electrons. The topological polar surface area (TPSA) is 112 Å². The molecule has 3 rings (SSSR count). The lowest BCUT2D eigenvalue weighted by Crippen LogP contribution is -2.44. The number of nitrogens with one attached hydrogen (secondary N) is 1. The molecule has 11 heteroatoms. The van der Waals surface area contributed by atoms with Crippen LogP contribution in [-0.2, 0) is 22.5 Å². The number of hydrogen-bond acceptors (Lipinski definition) is 9. The molecule has 0 spiro atoms. The molecule has 0 bridgehead atoms. The van der Waals surface area contributed by atoms with Gasteiger partial charge in [0.2, 0.25) is 5.28 Å². The number of ether oxygens (including phenoxy) is 3. The molecule has 1 fully saturated rings. The molecule has 2 aromatic rings. The van der Waals surface area contributed by atoms with Gasteiger partial charge in [-0.15, -0.1) is 0 Å². The van der Waals surface area contributed by atoms with Gasteiger partial charge in [-0.05, 0) is 76.0 Å². The molecule has 9 nitrogen and oxygen atoms in total. The minimum absolute atomic E-state index is 0.0128. The second kappa shape index (κ2) is 13.0. The molecule has 1 aromatic heterocycles. The van der Waals surface area contributed by atoms with E-state index in [0.29, 0.717) is 48.3 Å². The number of piperidine rings is 1. The van der Waals surface area contributed by atoms with Crippen molar-refractivity contribution in [3.8, 4) is 11.5 Å². The zero-order valence-corrected chi connectivity index (χ0v) is 21.9. The van der Waals surface area contributed by atoms with Gasteiger partial charge in [0, 0.05) is 18.2 Å². The molecule has 0 radical (unpaired) electrons. The van der Waals surface area contributed by atoms with Crippen molar-refractivity contribution in [2.24, 2.45) is 0 Å². The molecular formula is C24H33Cl2N5O4. The van der Waals surface area contributed by atoms with E-state index in [1.807, 2.05) is 26.0 Å². The van der Waals surface area contributed by atoms with Gasteiger partial charge in [-0.1, -0.05) is 11.6 Å². The highest BCUT2D eigenvalue weighted by Gasteiger charge is 2.28. The largest absolute Gasteiger partial charge is 0.492 e. The Balaban J connectivity index is 2.08. The average Bonchev–Trinajstić information content (AvgIpc) is 2.83. The third kappa shape index (κ3) is 7.02. The number of nitrogens with two attached hydrogens (primary N) is 1. The van der Waals surface area contributed by atoms with Crippen molar-refractivity contribution in [1.82, 2.24) is 15.3 Å². The van der Waals surface area contributed by atoms with Gasteiger partial charge in [0.1, 0.15) is 28.2 Å². The van der Waals surface area contributed by atoms with Gasteiger partial charge in [0.05, 0.1) is 26.2 Å². The number of hydrogen-bond donors (Lipinski definition) is 2. The van der Waals surface area contributed by atoms with Crippen molar-refractivity contribution >= 4 is 40.7 Å². The molecule has 2 heterocycles. The van der Waals surface area contributed by atoms with Gasteiger partial charge in [0.25, 0.3) is 0 Å². The fraction of sp³-hybridized carbons (Fsp3) is 0.542. The Bertz CT molecular complexity index is 991. The van der Waals surface area contributed by atoms with Crippen LogP contribution in [0.15, 0.2) is 12.1 Å². The Morgan fingerprint density at radius 3 is 2.29 bits per heavy atom. The number of rotatable bonds is 11. The smallest absolute Gasteiger partial charge is 0.310 e. The van der Waals surface area contributed by atoms with E-state index in [9.17, 15) is 4.79 Å². The summed E-state index contributed by atoms with van der Waals surface area (Å²) < 4.78 is 16.7. The van der Waals surface area contributed by atoms with E-state index in [-0.39, 0.29) is 29.5 Å². The zero-order chi connectivity index (χ0) is 25.4. The normalized spacial score (nSPS) is 14.0. The van der Waals surface area contributed by atoms with Gasteiger partial charge in [-0.2, -0.15) is 0 Å². The average molecular weight is 526 g/mol. The van der Waals surface area contributed by atoms with Crippen LogP contribution in [0.1, 0.15) is 44.7 Å². The summed E-state index contributed by atoms with van der Waals surface area (Å²) in [6.45, 7) is 8.94. The number of anilines is 2. The fourth-order valence-electron chi connectivity index (χ4n) is 4.15. The molecule has 0 amide bonds. The van der Waals surface area contributed by atoms with E-state index < -0.39 is 5.97 Å². The highest BCUT2D eigenvalue weighted by molar-refractivity contribution is 6.32. The SMILES string of the molecule is CCOC(=O)Cc1c(Cl)nc(Cl)nc1N(Cc1cc(OCC)c(N)c(OCC)c1)C1CCNCC1. The van der Waals surface area contributed by atoms with Crippen molar-refractivity contribution in [1.29, 1.82) is 0 Å². The molecule has 0 aliphatic carbocycles. The molecule has 35 heavy (non-hydrogen) atoms. The first kappa shape index (κ1) is 27.1. The van der Waals surface area contributed by atoms with Crippen molar-refractivity contribution in [2.75, 3.05) is 43.5 Å². The fourth-order valence-corrected chi connectivity index (χ4v) is 4.59.